The van der Waals surface area contributed by atoms with E-state index in [0.717, 1.165) is 23.5 Å². The van der Waals surface area contributed by atoms with Crippen LogP contribution in [0.5, 0.6) is 0 Å². The Kier molecular flexibility index (Phi) is 5.81. The van der Waals surface area contributed by atoms with E-state index in [-0.39, 0.29) is 5.91 Å². The molecule has 5 heteroatoms. The topological polar surface area (TPSA) is 58.1 Å². The highest BCUT2D eigenvalue weighted by molar-refractivity contribution is 6.03. The number of nitrogens with zero attached hydrogens (tertiary/aromatic N) is 3. The van der Waals surface area contributed by atoms with Crippen LogP contribution in [0.25, 0.3) is 0 Å². The average Bonchev–Trinajstić information content (AvgIpc) is 2.68. The van der Waals surface area contributed by atoms with E-state index in [1.54, 1.807) is 6.07 Å². The highest BCUT2D eigenvalue weighted by Gasteiger charge is 2.15. The standard InChI is InChI=1S/C22H24N4O/c1-4-26(15-18-8-6-5-7-9-18)22-23-17(3)14-20(25-22)21(27)24-19-12-10-16(2)11-13-19/h5-14H,4,15H2,1-3H3,(H,24,27). The number of benzene rings is 2. The minimum Gasteiger partial charge on any atom is -0.337 e. The third-order valence-corrected chi connectivity index (χ3v) is 4.27. The van der Waals surface area contributed by atoms with Crippen LogP contribution in [0.4, 0.5) is 11.6 Å². The largest absolute Gasteiger partial charge is 0.337 e. The Morgan fingerprint density at radius 1 is 1.00 bits per heavy atom. The van der Waals surface area contributed by atoms with E-state index in [9.17, 15) is 4.79 Å². The first-order chi connectivity index (χ1) is 13.0. The molecule has 1 amide bonds. The van der Waals surface area contributed by atoms with Gasteiger partial charge in [-0.1, -0.05) is 48.0 Å². The number of amides is 1. The molecule has 1 heterocycles. The molecule has 1 N–H and O–H groups in total. The fourth-order valence-electron chi connectivity index (χ4n) is 2.77. The molecule has 0 atom stereocenters. The lowest BCUT2D eigenvalue weighted by Gasteiger charge is -2.21. The Morgan fingerprint density at radius 3 is 2.37 bits per heavy atom. The summed E-state index contributed by atoms with van der Waals surface area (Å²) in [6.45, 7) is 7.39. The van der Waals surface area contributed by atoms with Gasteiger partial charge < -0.3 is 10.2 Å². The van der Waals surface area contributed by atoms with Crippen LogP contribution in [-0.2, 0) is 6.54 Å². The predicted molar refractivity (Wildman–Crippen MR) is 109 cm³/mol. The van der Waals surface area contributed by atoms with Crippen molar-refractivity contribution in [2.75, 3.05) is 16.8 Å². The van der Waals surface area contributed by atoms with Gasteiger partial charge in [-0.15, -0.1) is 0 Å². The summed E-state index contributed by atoms with van der Waals surface area (Å²) in [5, 5.41) is 2.90. The summed E-state index contributed by atoms with van der Waals surface area (Å²) >= 11 is 0. The zero-order valence-electron chi connectivity index (χ0n) is 15.9. The number of aryl methyl sites for hydroxylation is 2. The second-order valence-corrected chi connectivity index (χ2v) is 6.51. The summed E-state index contributed by atoms with van der Waals surface area (Å²) < 4.78 is 0. The molecule has 0 saturated carbocycles. The van der Waals surface area contributed by atoms with Crippen molar-refractivity contribution in [2.45, 2.75) is 27.3 Å². The van der Waals surface area contributed by atoms with Gasteiger partial charge in [0.1, 0.15) is 5.69 Å². The van der Waals surface area contributed by atoms with E-state index >= 15 is 0 Å². The number of rotatable bonds is 6. The maximum atomic E-state index is 12.7. The van der Waals surface area contributed by atoms with E-state index in [4.69, 9.17) is 0 Å². The molecule has 0 radical (unpaired) electrons. The maximum Gasteiger partial charge on any atom is 0.274 e. The molecule has 0 spiro atoms. The van der Waals surface area contributed by atoms with Crippen molar-refractivity contribution in [3.63, 3.8) is 0 Å². The predicted octanol–water partition coefficient (Wildman–Crippen LogP) is 4.37. The Hall–Kier alpha value is -3.21. The van der Waals surface area contributed by atoms with Crippen LogP contribution in [0.15, 0.2) is 60.7 Å². The van der Waals surface area contributed by atoms with Gasteiger partial charge in [0.15, 0.2) is 0 Å². The van der Waals surface area contributed by atoms with Gasteiger partial charge in [0.25, 0.3) is 5.91 Å². The van der Waals surface area contributed by atoms with Gasteiger partial charge in [-0.2, -0.15) is 0 Å². The monoisotopic (exact) mass is 360 g/mol. The molecule has 0 unspecified atom stereocenters. The molecule has 0 aliphatic rings. The molecule has 3 rings (SSSR count). The van der Waals surface area contributed by atoms with Crippen LogP contribution in [0.1, 0.15) is 34.2 Å². The molecule has 3 aromatic rings. The normalized spacial score (nSPS) is 10.5. The van der Waals surface area contributed by atoms with E-state index < -0.39 is 0 Å². The van der Waals surface area contributed by atoms with Gasteiger partial charge in [-0.25, -0.2) is 9.97 Å². The summed E-state index contributed by atoms with van der Waals surface area (Å²) in [4.78, 5) is 23.8. The number of hydrogen-bond acceptors (Lipinski definition) is 4. The first kappa shape index (κ1) is 18.6. The fraction of sp³-hybridized carbons (Fsp3) is 0.227. The number of nitrogens with one attached hydrogen (secondary N) is 1. The zero-order valence-corrected chi connectivity index (χ0v) is 15.9. The molecule has 0 fully saturated rings. The summed E-state index contributed by atoms with van der Waals surface area (Å²) in [7, 11) is 0. The summed E-state index contributed by atoms with van der Waals surface area (Å²) in [6.07, 6.45) is 0. The minimum atomic E-state index is -0.235. The maximum absolute atomic E-state index is 12.7. The molecule has 2 aromatic carbocycles. The lowest BCUT2D eigenvalue weighted by atomic mass is 10.2. The smallest absolute Gasteiger partial charge is 0.274 e. The van der Waals surface area contributed by atoms with Gasteiger partial charge in [0, 0.05) is 24.5 Å². The quantitative estimate of drug-likeness (QED) is 0.709. The van der Waals surface area contributed by atoms with Crippen LogP contribution in [0.3, 0.4) is 0 Å². The third-order valence-electron chi connectivity index (χ3n) is 4.27. The molecule has 27 heavy (non-hydrogen) atoms. The molecule has 0 aliphatic carbocycles. The van der Waals surface area contributed by atoms with Crippen molar-refractivity contribution >= 4 is 17.5 Å². The van der Waals surface area contributed by atoms with Crippen LogP contribution in [0.2, 0.25) is 0 Å². The summed E-state index contributed by atoms with van der Waals surface area (Å²) in [5.41, 5.74) is 4.20. The number of carbonyl (C=O) groups is 1. The van der Waals surface area contributed by atoms with E-state index in [0.29, 0.717) is 18.2 Å². The van der Waals surface area contributed by atoms with Crippen LogP contribution in [0, 0.1) is 13.8 Å². The molecule has 138 valence electrons. The molecule has 1 aromatic heterocycles. The summed E-state index contributed by atoms with van der Waals surface area (Å²) in [6, 6.07) is 19.6. The summed E-state index contributed by atoms with van der Waals surface area (Å²) in [5.74, 6) is 0.330. The fourth-order valence-corrected chi connectivity index (χ4v) is 2.77. The Morgan fingerprint density at radius 2 is 1.70 bits per heavy atom. The Bertz CT molecular complexity index is 907. The third kappa shape index (κ3) is 4.91. The number of aromatic nitrogens is 2. The van der Waals surface area contributed by atoms with Crippen molar-refractivity contribution in [2.24, 2.45) is 0 Å². The van der Waals surface area contributed by atoms with Crippen LogP contribution < -0.4 is 10.2 Å². The van der Waals surface area contributed by atoms with Gasteiger partial charge in [0.2, 0.25) is 5.95 Å². The molecule has 0 bridgehead atoms. The van der Waals surface area contributed by atoms with Crippen molar-refractivity contribution in [1.29, 1.82) is 0 Å². The highest BCUT2D eigenvalue weighted by atomic mass is 16.1. The highest BCUT2D eigenvalue weighted by Crippen LogP contribution is 2.16. The van der Waals surface area contributed by atoms with Crippen molar-refractivity contribution in [1.82, 2.24) is 9.97 Å². The molecule has 0 aliphatic heterocycles. The second-order valence-electron chi connectivity index (χ2n) is 6.51. The first-order valence-corrected chi connectivity index (χ1v) is 9.07. The van der Waals surface area contributed by atoms with Crippen molar-refractivity contribution in [3.05, 3.63) is 83.2 Å². The number of hydrogen-bond donors (Lipinski definition) is 1. The SMILES string of the molecule is CCN(Cc1ccccc1)c1nc(C)cc(C(=O)Nc2ccc(C)cc2)n1. The lowest BCUT2D eigenvalue weighted by molar-refractivity contribution is 0.102. The van der Waals surface area contributed by atoms with Gasteiger partial charge in [-0.3, -0.25) is 4.79 Å². The Balaban J connectivity index is 1.82. The van der Waals surface area contributed by atoms with E-state index in [1.165, 1.54) is 5.56 Å². The van der Waals surface area contributed by atoms with E-state index in [2.05, 4.69) is 39.2 Å². The van der Waals surface area contributed by atoms with Crippen LogP contribution in [-0.4, -0.2) is 22.4 Å². The van der Waals surface area contributed by atoms with Crippen LogP contribution >= 0.6 is 0 Å². The first-order valence-electron chi connectivity index (χ1n) is 9.07. The van der Waals surface area contributed by atoms with Gasteiger partial charge >= 0.3 is 0 Å². The number of anilines is 2. The van der Waals surface area contributed by atoms with Gasteiger partial charge in [0.05, 0.1) is 0 Å². The Labute approximate surface area is 160 Å². The molecule has 0 saturated heterocycles. The lowest BCUT2D eigenvalue weighted by Crippen LogP contribution is -2.26. The number of carbonyl (C=O) groups excluding carboxylic acids is 1. The molecule has 5 nitrogen and oxygen atoms in total. The zero-order chi connectivity index (χ0) is 19.2. The van der Waals surface area contributed by atoms with E-state index in [1.807, 2.05) is 56.3 Å². The second kappa shape index (κ2) is 8.45. The van der Waals surface area contributed by atoms with Crippen molar-refractivity contribution in [3.8, 4) is 0 Å². The van der Waals surface area contributed by atoms with Crippen molar-refractivity contribution < 1.29 is 4.79 Å². The average molecular weight is 360 g/mol. The minimum absolute atomic E-state index is 0.235. The molecular weight excluding hydrogens is 336 g/mol. The molecular formula is C22H24N4O. The van der Waals surface area contributed by atoms with Gasteiger partial charge in [-0.05, 0) is 44.5 Å².